The fourth-order valence-electron chi connectivity index (χ4n) is 1.83. The number of carboxylic acids is 1. The van der Waals surface area contributed by atoms with E-state index in [0.29, 0.717) is 26.2 Å². The number of aliphatic carboxylic acids is 1. The van der Waals surface area contributed by atoms with Crippen LogP contribution in [0.15, 0.2) is 0 Å². The summed E-state index contributed by atoms with van der Waals surface area (Å²) in [6.07, 6.45) is -0.321. The molecule has 1 unspecified atom stereocenters. The van der Waals surface area contributed by atoms with Gasteiger partial charge in [0, 0.05) is 26.2 Å². The number of hydrogen-bond donors (Lipinski definition) is 1. The van der Waals surface area contributed by atoms with Gasteiger partial charge in [0.05, 0.1) is 25.7 Å². The molecule has 1 N–H and O–H groups in total. The molecule has 0 radical (unpaired) electrons. The van der Waals surface area contributed by atoms with Crippen LogP contribution in [0.4, 0.5) is 0 Å². The highest BCUT2D eigenvalue weighted by atomic mass is 16.5. The summed E-state index contributed by atoms with van der Waals surface area (Å²) in [5.74, 6) is -0.812. The van der Waals surface area contributed by atoms with Gasteiger partial charge in [0.2, 0.25) is 5.91 Å². The quantitative estimate of drug-likeness (QED) is 0.753. The number of nitrogens with zero attached hydrogens (tertiary/aromatic N) is 2. The lowest BCUT2D eigenvalue weighted by Gasteiger charge is -2.33. The largest absolute Gasteiger partial charge is 0.481 e. The zero-order valence-electron chi connectivity index (χ0n) is 11.3. The summed E-state index contributed by atoms with van der Waals surface area (Å²) in [6.45, 7) is 5.91. The smallest absolute Gasteiger partial charge is 0.306 e. The van der Waals surface area contributed by atoms with E-state index >= 15 is 0 Å². The Hall–Kier alpha value is -1.14. The second-order valence-electron chi connectivity index (χ2n) is 4.92. The number of morpholine rings is 1. The van der Waals surface area contributed by atoms with E-state index < -0.39 is 5.97 Å². The molecule has 0 aromatic carbocycles. The predicted molar refractivity (Wildman–Crippen MR) is 66.3 cm³/mol. The van der Waals surface area contributed by atoms with Crippen LogP contribution in [0, 0.1) is 0 Å². The zero-order chi connectivity index (χ0) is 13.7. The molecule has 18 heavy (non-hydrogen) atoms. The topological polar surface area (TPSA) is 70.1 Å². The van der Waals surface area contributed by atoms with E-state index in [1.165, 1.54) is 0 Å². The van der Waals surface area contributed by atoms with Gasteiger partial charge in [-0.1, -0.05) is 0 Å². The van der Waals surface area contributed by atoms with Crippen LogP contribution >= 0.6 is 0 Å². The van der Waals surface area contributed by atoms with Gasteiger partial charge in [-0.2, -0.15) is 0 Å². The number of ether oxygens (including phenoxy) is 1. The van der Waals surface area contributed by atoms with Crippen molar-refractivity contribution >= 4 is 11.9 Å². The Balaban J connectivity index is 2.42. The zero-order valence-corrected chi connectivity index (χ0v) is 11.3. The Labute approximate surface area is 107 Å². The van der Waals surface area contributed by atoms with Gasteiger partial charge in [0.25, 0.3) is 0 Å². The van der Waals surface area contributed by atoms with Crippen LogP contribution in [0.25, 0.3) is 0 Å². The molecule has 1 rings (SSSR count). The summed E-state index contributed by atoms with van der Waals surface area (Å²) < 4.78 is 5.36. The van der Waals surface area contributed by atoms with Crippen LogP contribution in [-0.4, -0.2) is 72.2 Å². The molecular weight excluding hydrogens is 236 g/mol. The maximum atomic E-state index is 11.9. The van der Waals surface area contributed by atoms with E-state index in [-0.39, 0.29) is 24.5 Å². The molecule has 0 saturated carbocycles. The second kappa shape index (κ2) is 6.70. The monoisotopic (exact) mass is 258 g/mol. The highest BCUT2D eigenvalue weighted by Crippen LogP contribution is 2.09. The van der Waals surface area contributed by atoms with Gasteiger partial charge < -0.3 is 14.7 Å². The van der Waals surface area contributed by atoms with Crippen molar-refractivity contribution in [2.45, 2.75) is 32.4 Å². The van der Waals surface area contributed by atoms with E-state index in [1.807, 2.05) is 18.7 Å². The molecule has 1 aliphatic heterocycles. The number of carbonyl (C=O) groups excluding carboxylic acids is 1. The molecule has 0 aliphatic carbocycles. The van der Waals surface area contributed by atoms with Crippen LogP contribution in [-0.2, 0) is 14.3 Å². The minimum absolute atomic E-state index is 0.00922. The molecule has 1 aliphatic rings. The highest BCUT2D eigenvalue weighted by molar-refractivity contribution is 5.78. The molecule has 0 aromatic heterocycles. The summed E-state index contributed by atoms with van der Waals surface area (Å²) in [6, 6.07) is 0.174. The van der Waals surface area contributed by atoms with E-state index in [4.69, 9.17) is 9.84 Å². The molecule has 6 nitrogen and oxygen atoms in total. The van der Waals surface area contributed by atoms with E-state index in [0.717, 1.165) is 0 Å². The molecule has 0 bridgehead atoms. The molecule has 6 heteroatoms. The van der Waals surface area contributed by atoms with Crippen molar-refractivity contribution in [1.82, 2.24) is 9.80 Å². The second-order valence-corrected chi connectivity index (χ2v) is 4.92. The number of rotatable bonds is 5. The number of carboxylic acid groups (broad SMARTS) is 1. The average molecular weight is 258 g/mol. The molecule has 104 valence electrons. The molecule has 0 spiro atoms. The van der Waals surface area contributed by atoms with Crippen molar-refractivity contribution in [2.75, 3.05) is 33.3 Å². The maximum absolute atomic E-state index is 11.9. The predicted octanol–water partition coefficient (Wildman–Crippen LogP) is 0.0287. The van der Waals surface area contributed by atoms with E-state index in [1.54, 1.807) is 11.9 Å². The summed E-state index contributed by atoms with van der Waals surface area (Å²) >= 11 is 0. The third-order valence-corrected chi connectivity index (χ3v) is 3.15. The Morgan fingerprint density at radius 3 is 2.72 bits per heavy atom. The van der Waals surface area contributed by atoms with Gasteiger partial charge >= 0.3 is 5.97 Å². The Morgan fingerprint density at radius 2 is 2.17 bits per heavy atom. The lowest BCUT2D eigenvalue weighted by molar-refractivity contribution is -0.142. The molecule has 1 atom stereocenters. The van der Waals surface area contributed by atoms with Crippen molar-refractivity contribution < 1.29 is 19.4 Å². The van der Waals surface area contributed by atoms with Crippen LogP contribution < -0.4 is 0 Å². The first-order valence-corrected chi connectivity index (χ1v) is 6.21. The first-order chi connectivity index (χ1) is 8.40. The SMILES string of the molecule is CC(C)N(C)C(=O)CN1CCOC(CC(=O)O)C1. The van der Waals surface area contributed by atoms with Gasteiger partial charge in [0.1, 0.15) is 0 Å². The Kier molecular flexibility index (Phi) is 5.55. The number of hydrogen-bond acceptors (Lipinski definition) is 4. The minimum atomic E-state index is -0.868. The van der Waals surface area contributed by atoms with Crippen molar-refractivity contribution in [3.8, 4) is 0 Å². The average Bonchev–Trinajstić information content (AvgIpc) is 2.27. The van der Waals surface area contributed by atoms with E-state index in [9.17, 15) is 9.59 Å². The van der Waals surface area contributed by atoms with Gasteiger partial charge in [-0.25, -0.2) is 0 Å². The summed E-state index contributed by atoms with van der Waals surface area (Å²) in [7, 11) is 1.78. The number of amides is 1. The fraction of sp³-hybridized carbons (Fsp3) is 0.833. The first kappa shape index (κ1) is 14.9. The summed E-state index contributed by atoms with van der Waals surface area (Å²) in [5, 5.41) is 8.72. The maximum Gasteiger partial charge on any atom is 0.306 e. The standard InChI is InChI=1S/C12H22N2O4/c1-9(2)13(3)11(15)8-14-4-5-18-10(7-14)6-12(16)17/h9-10H,4-8H2,1-3H3,(H,16,17). The first-order valence-electron chi connectivity index (χ1n) is 6.21. The van der Waals surface area contributed by atoms with Gasteiger partial charge in [0.15, 0.2) is 0 Å². The summed E-state index contributed by atoms with van der Waals surface area (Å²) in [5.41, 5.74) is 0. The molecule has 0 aromatic rings. The number of carbonyl (C=O) groups is 2. The van der Waals surface area contributed by atoms with Crippen molar-refractivity contribution in [2.24, 2.45) is 0 Å². The normalized spacial score (nSPS) is 21.0. The van der Waals surface area contributed by atoms with Crippen LogP contribution in [0.3, 0.4) is 0 Å². The highest BCUT2D eigenvalue weighted by Gasteiger charge is 2.25. The Morgan fingerprint density at radius 1 is 1.50 bits per heavy atom. The number of likely N-dealkylation sites (N-methyl/N-ethyl adjacent to an activating group) is 1. The van der Waals surface area contributed by atoms with Gasteiger partial charge in [-0.05, 0) is 13.8 Å². The molecule has 1 saturated heterocycles. The van der Waals surface area contributed by atoms with E-state index in [2.05, 4.69) is 0 Å². The molecule has 1 heterocycles. The van der Waals surface area contributed by atoms with Gasteiger partial charge in [-0.15, -0.1) is 0 Å². The third-order valence-electron chi connectivity index (χ3n) is 3.15. The van der Waals surface area contributed by atoms with Crippen LogP contribution in [0.5, 0.6) is 0 Å². The molecule has 1 amide bonds. The van der Waals surface area contributed by atoms with Crippen molar-refractivity contribution in [3.05, 3.63) is 0 Å². The Bertz CT molecular complexity index is 306. The molecule has 1 fully saturated rings. The lowest BCUT2D eigenvalue weighted by Crippen LogP contribution is -2.48. The van der Waals surface area contributed by atoms with Crippen LogP contribution in [0.2, 0.25) is 0 Å². The summed E-state index contributed by atoms with van der Waals surface area (Å²) in [4.78, 5) is 26.2. The minimum Gasteiger partial charge on any atom is -0.481 e. The third kappa shape index (κ3) is 4.62. The molecular formula is C12H22N2O4. The van der Waals surface area contributed by atoms with Gasteiger partial charge in [-0.3, -0.25) is 14.5 Å². The van der Waals surface area contributed by atoms with Crippen molar-refractivity contribution in [1.29, 1.82) is 0 Å². The van der Waals surface area contributed by atoms with Crippen molar-refractivity contribution in [3.63, 3.8) is 0 Å². The lowest BCUT2D eigenvalue weighted by atomic mass is 10.2. The fourth-order valence-corrected chi connectivity index (χ4v) is 1.83. The van der Waals surface area contributed by atoms with Crippen LogP contribution in [0.1, 0.15) is 20.3 Å².